The van der Waals surface area contributed by atoms with Crippen molar-refractivity contribution in [1.29, 1.82) is 0 Å². The largest absolute Gasteiger partial charge is 0.357 e. The lowest BCUT2D eigenvalue weighted by Crippen LogP contribution is -2.50. The van der Waals surface area contributed by atoms with Crippen LogP contribution in [0.1, 0.15) is 25.0 Å². The van der Waals surface area contributed by atoms with Crippen LogP contribution < -0.4 is 5.32 Å². The Balaban J connectivity index is 1.83. The second-order valence-corrected chi connectivity index (χ2v) is 6.07. The van der Waals surface area contributed by atoms with Gasteiger partial charge in [-0.25, -0.2) is 4.98 Å². The van der Waals surface area contributed by atoms with Gasteiger partial charge in [-0.1, -0.05) is 17.7 Å². The van der Waals surface area contributed by atoms with Gasteiger partial charge in [0.15, 0.2) is 5.15 Å². The number of halogens is 1. The molecule has 2 aromatic rings. The molecular weight excluding hydrogens is 328 g/mol. The molecule has 0 spiro atoms. The molecule has 0 bridgehead atoms. The SMILES string of the molecule is CNC(=O)[C@H]1CCCCN1C(=O)/C=C/c1c(Cl)nc2ccccn12. The zero-order chi connectivity index (χ0) is 17.1. The van der Waals surface area contributed by atoms with Crippen LogP contribution in [0.15, 0.2) is 30.5 Å². The van der Waals surface area contributed by atoms with Crippen LogP contribution in [0, 0.1) is 0 Å². The van der Waals surface area contributed by atoms with E-state index in [-0.39, 0.29) is 11.8 Å². The van der Waals surface area contributed by atoms with Crippen LogP contribution in [-0.2, 0) is 9.59 Å². The Kier molecular flexibility index (Phi) is 4.85. The Morgan fingerprint density at radius 3 is 3.00 bits per heavy atom. The van der Waals surface area contributed by atoms with Gasteiger partial charge in [0.25, 0.3) is 0 Å². The highest BCUT2D eigenvalue weighted by Crippen LogP contribution is 2.21. The van der Waals surface area contributed by atoms with E-state index in [0.717, 1.165) is 18.5 Å². The number of pyridine rings is 1. The third kappa shape index (κ3) is 3.14. The molecule has 0 saturated carbocycles. The number of amides is 2. The summed E-state index contributed by atoms with van der Waals surface area (Å²) in [6.07, 6.45) is 7.50. The van der Waals surface area contributed by atoms with Crippen LogP contribution in [0.5, 0.6) is 0 Å². The van der Waals surface area contributed by atoms with Crippen LogP contribution in [-0.4, -0.2) is 45.7 Å². The van der Waals surface area contributed by atoms with Gasteiger partial charge >= 0.3 is 0 Å². The maximum atomic E-state index is 12.6. The van der Waals surface area contributed by atoms with E-state index in [1.807, 2.05) is 28.8 Å². The summed E-state index contributed by atoms with van der Waals surface area (Å²) in [5, 5.41) is 2.97. The Morgan fingerprint density at radius 1 is 1.38 bits per heavy atom. The summed E-state index contributed by atoms with van der Waals surface area (Å²) in [7, 11) is 1.59. The number of rotatable bonds is 3. The summed E-state index contributed by atoms with van der Waals surface area (Å²) in [5.41, 5.74) is 1.37. The van der Waals surface area contributed by atoms with Gasteiger partial charge in [-0.15, -0.1) is 0 Å². The molecule has 0 aromatic carbocycles. The summed E-state index contributed by atoms with van der Waals surface area (Å²) in [5.74, 6) is -0.311. The quantitative estimate of drug-likeness (QED) is 0.866. The summed E-state index contributed by atoms with van der Waals surface area (Å²) >= 11 is 6.17. The molecule has 3 rings (SSSR count). The van der Waals surface area contributed by atoms with E-state index in [0.29, 0.717) is 23.8 Å². The Morgan fingerprint density at radius 2 is 2.21 bits per heavy atom. The fraction of sp³-hybridized carbons (Fsp3) is 0.353. The molecule has 3 heterocycles. The minimum absolute atomic E-state index is 0.121. The molecule has 126 valence electrons. The minimum Gasteiger partial charge on any atom is -0.357 e. The second kappa shape index (κ2) is 7.05. The third-order valence-electron chi connectivity index (χ3n) is 4.24. The highest BCUT2D eigenvalue weighted by Gasteiger charge is 2.30. The van der Waals surface area contributed by atoms with E-state index in [1.54, 1.807) is 18.0 Å². The number of carbonyl (C=O) groups is 2. The van der Waals surface area contributed by atoms with Crippen molar-refractivity contribution < 1.29 is 9.59 Å². The van der Waals surface area contributed by atoms with Gasteiger partial charge in [0.05, 0.1) is 5.69 Å². The lowest BCUT2D eigenvalue weighted by Gasteiger charge is -2.33. The fourth-order valence-electron chi connectivity index (χ4n) is 3.02. The average molecular weight is 347 g/mol. The molecule has 1 aliphatic heterocycles. The van der Waals surface area contributed by atoms with Crippen molar-refractivity contribution in [1.82, 2.24) is 19.6 Å². The minimum atomic E-state index is -0.404. The monoisotopic (exact) mass is 346 g/mol. The summed E-state index contributed by atoms with van der Waals surface area (Å²) < 4.78 is 1.82. The van der Waals surface area contributed by atoms with Crippen LogP contribution >= 0.6 is 11.6 Å². The fourth-order valence-corrected chi connectivity index (χ4v) is 3.26. The molecule has 1 saturated heterocycles. The molecule has 0 aliphatic carbocycles. The molecule has 2 amide bonds. The van der Waals surface area contributed by atoms with Gasteiger partial charge in [-0.05, 0) is 37.5 Å². The van der Waals surface area contributed by atoms with E-state index in [9.17, 15) is 9.59 Å². The smallest absolute Gasteiger partial charge is 0.247 e. The van der Waals surface area contributed by atoms with Crippen molar-refractivity contribution >= 4 is 35.1 Å². The van der Waals surface area contributed by atoms with Crippen LogP contribution in [0.3, 0.4) is 0 Å². The summed E-state index contributed by atoms with van der Waals surface area (Å²) in [6, 6.07) is 5.19. The van der Waals surface area contributed by atoms with Gasteiger partial charge in [0.1, 0.15) is 11.7 Å². The van der Waals surface area contributed by atoms with Gasteiger partial charge in [-0.3, -0.25) is 14.0 Å². The zero-order valence-electron chi connectivity index (χ0n) is 13.4. The first-order chi connectivity index (χ1) is 11.6. The molecule has 0 unspecified atom stereocenters. The summed E-state index contributed by atoms with van der Waals surface area (Å²) in [6.45, 7) is 0.585. The first-order valence-electron chi connectivity index (χ1n) is 7.94. The maximum Gasteiger partial charge on any atom is 0.247 e. The normalized spacial score (nSPS) is 18.2. The molecule has 0 radical (unpaired) electrons. The second-order valence-electron chi connectivity index (χ2n) is 5.71. The van der Waals surface area contributed by atoms with Crippen LogP contribution in [0.4, 0.5) is 0 Å². The zero-order valence-corrected chi connectivity index (χ0v) is 14.2. The lowest BCUT2D eigenvalue weighted by molar-refractivity contribution is -0.138. The Bertz CT molecular complexity index is 799. The van der Waals surface area contributed by atoms with Gasteiger partial charge in [-0.2, -0.15) is 0 Å². The number of likely N-dealkylation sites (N-methyl/N-ethyl adjacent to an activating group) is 1. The number of likely N-dealkylation sites (tertiary alicyclic amines) is 1. The molecule has 1 atom stereocenters. The van der Waals surface area contributed by atoms with Gasteiger partial charge in [0, 0.05) is 25.9 Å². The number of carbonyl (C=O) groups excluding carboxylic acids is 2. The number of piperidine rings is 1. The predicted octanol–water partition coefficient (Wildman–Crippen LogP) is 2.13. The molecule has 6 nitrogen and oxygen atoms in total. The molecular formula is C17H19ClN4O2. The molecule has 7 heteroatoms. The van der Waals surface area contributed by atoms with Crippen molar-refractivity contribution in [2.24, 2.45) is 0 Å². The number of nitrogens with one attached hydrogen (secondary N) is 1. The van der Waals surface area contributed by atoms with E-state index in [1.165, 1.54) is 6.08 Å². The highest BCUT2D eigenvalue weighted by atomic mass is 35.5. The standard InChI is InChI=1S/C17H19ClN4O2/c1-19-17(24)13-6-2-4-11-22(13)15(23)9-8-12-16(18)20-14-7-3-5-10-21(12)14/h3,5,7-10,13H,2,4,6,11H2,1H3,(H,19,24)/b9-8+/t13-/m1/s1. The predicted molar refractivity (Wildman–Crippen MR) is 92.7 cm³/mol. The Labute approximate surface area is 145 Å². The van der Waals surface area contributed by atoms with Gasteiger partial charge in [0.2, 0.25) is 11.8 Å². The lowest BCUT2D eigenvalue weighted by atomic mass is 10.0. The molecule has 1 fully saturated rings. The number of hydrogen-bond acceptors (Lipinski definition) is 3. The van der Waals surface area contributed by atoms with Crippen molar-refractivity contribution in [2.75, 3.05) is 13.6 Å². The molecule has 1 N–H and O–H groups in total. The first-order valence-corrected chi connectivity index (χ1v) is 8.32. The third-order valence-corrected chi connectivity index (χ3v) is 4.52. The highest BCUT2D eigenvalue weighted by molar-refractivity contribution is 6.31. The Hall–Kier alpha value is -2.34. The van der Waals surface area contributed by atoms with E-state index in [2.05, 4.69) is 10.3 Å². The number of fused-ring (bicyclic) bond motifs is 1. The molecule has 2 aromatic heterocycles. The molecule has 24 heavy (non-hydrogen) atoms. The van der Waals surface area contributed by atoms with Crippen LogP contribution in [0.25, 0.3) is 11.7 Å². The van der Waals surface area contributed by atoms with Crippen molar-refractivity contribution in [2.45, 2.75) is 25.3 Å². The van der Waals surface area contributed by atoms with E-state index >= 15 is 0 Å². The van der Waals surface area contributed by atoms with Crippen molar-refractivity contribution in [3.8, 4) is 0 Å². The number of hydrogen-bond donors (Lipinski definition) is 1. The number of imidazole rings is 1. The first kappa shape index (κ1) is 16.5. The van der Waals surface area contributed by atoms with E-state index < -0.39 is 6.04 Å². The average Bonchev–Trinajstić information content (AvgIpc) is 2.94. The topological polar surface area (TPSA) is 66.7 Å². The van der Waals surface area contributed by atoms with Gasteiger partial charge < -0.3 is 10.2 Å². The molecule has 1 aliphatic rings. The number of aromatic nitrogens is 2. The van der Waals surface area contributed by atoms with Crippen LogP contribution in [0.2, 0.25) is 5.15 Å². The maximum absolute atomic E-state index is 12.6. The van der Waals surface area contributed by atoms with Crippen molar-refractivity contribution in [3.63, 3.8) is 0 Å². The summed E-state index contributed by atoms with van der Waals surface area (Å²) in [4.78, 5) is 30.4. The van der Waals surface area contributed by atoms with Crippen molar-refractivity contribution in [3.05, 3.63) is 41.3 Å². The van der Waals surface area contributed by atoms with E-state index in [4.69, 9.17) is 11.6 Å². The number of nitrogens with zero attached hydrogens (tertiary/aromatic N) is 3.